The molecule has 0 fully saturated rings. The van der Waals surface area contributed by atoms with Crippen LogP contribution in [0.4, 0.5) is 13.2 Å². The lowest BCUT2D eigenvalue weighted by molar-refractivity contribution is -0.138. The molecular weight excluding hydrogens is 649 g/mol. The van der Waals surface area contributed by atoms with Crippen LogP contribution in [0.2, 0.25) is 0 Å². The van der Waals surface area contributed by atoms with Gasteiger partial charge in [-0.05, 0) is 104 Å². The van der Waals surface area contributed by atoms with Crippen molar-refractivity contribution in [2.45, 2.75) is 68.7 Å². The van der Waals surface area contributed by atoms with Gasteiger partial charge in [-0.25, -0.2) is 8.42 Å². The van der Waals surface area contributed by atoms with E-state index < -0.39 is 38.7 Å². The van der Waals surface area contributed by atoms with E-state index in [4.69, 9.17) is 9.47 Å². The highest BCUT2D eigenvalue weighted by atomic mass is 32.2. The highest BCUT2D eigenvalue weighted by Crippen LogP contribution is 2.40. The molecule has 0 heterocycles. The molecule has 0 amide bonds. The van der Waals surface area contributed by atoms with Crippen LogP contribution in [0, 0.1) is 5.92 Å². The summed E-state index contributed by atoms with van der Waals surface area (Å²) in [6.45, 7) is 3.74. The van der Waals surface area contributed by atoms with Crippen molar-refractivity contribution in [3.63, 3.8) is 0 Å². The number of carboxylic acids is 1. The zero-order chi connectivity index (χ0) is 35.4. The number of aliphatic carboxylic acids is 1. The summed E-state index contributed by atoms with van der Waals surface area (Å²) >= 11 is 0. The summed E-state index contributed by atoms with van der Waals surface area (Å²) in [5.41, 5.74) is 1.50. The Morgan fingerprint density at radius 1 is 1.02 bits per heavy atom. The number of hydrogen-bond acceptors (Lipinski definition) is 7. The number of hydrogen-bond donors (Lipinski definition) is 3. The van der Waals surface area contributed by atoms with Crippen LogP contribution in [0.5, 0.6) is 11.5 Å². The number of benzene rings is 3. The number of alkyl halides is 3. The molecule has 1 atom stereocenters. The number of sulfonamides is 1. The number of rotatable bonds is 15. The molecule has 262 valence electrons. The third kappa shape index (κ3) is 9.07. The molecule has 48 heavy (non-hydrogen) atoms. The number of ether oxygens (including phenoxy) is 2. The second-order valence-electron chi connectivity index (χ2n) is 13.0. The number of likely N-dealkylation sites (N-methyl/N-ethyl adjacent to an activating group) is 1. The minimum atomic E-state index is -4.90. The Hall–Kier alpha value is -3.65. The SMILES string of the molecule is COc1cc(CCC(=O)O)c(-c2cc(C(F)(F)F)cc(S(=O)(=O)N(C)C[C@H](O)CNC(C)(C)CC3Cc4ccccc4C3)c2)cc1OC. The van der Waals surface area contributed by atoms with E-state index in [9.17, 15) is 36.6 Å². The van der Waals surface area contributed by atoms with Crippen LogP contribution in [-0.4, -0.2) is 74.9 Å². The number of halogens is 3. The van der Waals surface area contributed by atoms with Crippen molar-refractivity contribution in [2.24, 2.45) is 5.92 Å². The fraction of sp³-hybridized carbons (Fsp3) is 0.457. The first kappa shape index (κ1) is 37.2. The average Bonchev–Trinajstić information content (AvgIpc) is 3.43. The molecule has 1 aliphatic rings. The lowest BCUT2D eigenvalue weighted by atomic mass is 9.88. The largest absolute Gasteiger partial charge is 0.493 e. The molecule has 0 aliphatic heterocycles. The predicted octanol–water partition coefficient (Wildman–Crippen LogP) is 5.56. The van der Waals surface area contributed by atoms with E-state index in [1.165, 1.54) is 44.5 Å². The second-order valence-corrected chi connectivity index (χ2v) is 15.0. The lowest BCUT2D eigenvalue weighted by Gasteiger charge is -2.31. The first-order valence-corrected chi connectivity index (χ1v) is 17.0. The Morgan fingerprint density at radius 3 is 2.19 bits per heavy atom. The fourth-order valence-electron chi connectivity index (χ4n) is 6.33. The van der Waals surface area contributed by atoms with Gasteiger partial charge >= 0.3 is 12.1 Å². The molecule has 0 saturated heterocycles. The van der Waals surface area contributed by atoms with Gasteiger partial charge in [0, 0.05) is 32.1 Å². The molecule has 3 N–H and O–H groups in total. The summed E-state index contributed by atoms with van der Waals surface area (Å²) in [5.74, 6) is -0.289. The van der Waals surface area contributed by atoms with Crippen LogP contribution in [0.3, 0.4) is 0 Å². The summed E-state index contributed by atoms with van der Waals surface area (Å²) in [7, 11) is -0.617. The van der Waals surface area contributed by atoms with Gasteiger partial charge in [0.15, 0.2) is 11.5 Å². The van der Waals surface area contributed by atoms with E-state index in [1.54, 1.807) is 0 Å². The molecule has 0 radical (unpaired) electrons. The molecule has 1 aliphatic carbocycles. The maximum Gasteiger partial charge on any atom is 0.416 e. The van der Waals surface area contributed by atoms with E-state index in [-0.39, 0.29) is 54.1 Å². The first-order chi connectivity index (χ1) is 22.4. The third-order valence-corrected chi connectivity index (χ3v) is 10.5. The topological polar surface area (TPSA) is 125 Å². The van der Waals surface area contributed by atoms with Crippen LogP contribution < -0.4 is 14.8 Å². The number of carbonyl (C=O) groups is 1. The summed E-state index contributed by atoms with van der Waals surface area (Å²) in [5, 5.41) is 23.4. The zero-order valence-electron chi connectivity index (χ0n) is 27.7. The Kier molecular flexibility index (Phi) is 11.5. The number of nitrogens with one attached hydrogen (secondary N) is 1. The Morgan fingerprint density at radius 2 is 1.62 bits per heavy atom. The summed E-state index contributed by atoms with van der Waals surface area (Å²) in [6.07, 6.45) is -3.67. The number of aliphatic hydroxyl groups is 1. The molecule has 4 rings (SSSR count). The fourth-order valence-corrected chi connectivity index (χ4v) is 7.61. The number of aliphatic hydroxyl groups excluding tert-OH is 1. The average molecular weight is 693 g/mol. The Bertz CT molecular complexity index is 1700. The summed E-state index contributed by atoms with van der Waals surface area (Å²) in [4.78, 5) is 10.7. The number of aryl methyl sites for hydroxylation is 1. The summed E-state index contributed by atoms with van der Waals surface area (Å²) < 4.78 is 81.3. The van der Waals surface area contributed by atoms with Gasteiger partial charge < -0.3 is 25.0 Å². The van der Waals surface area contributed by atoms with Crippen LogP contribution in [-0.2, 0) is 40.3 Å². The van der Waals surface area contributed by atoms with Gasteiger partial charge in [0.25, 0.3) is 0 Å². The van der Waals surface area contributed by atoms with E-state index in [0.29, 0.717) is 17.5 Å². The van der Waals surface area contributed by atoms with Crippen LogP contribution in [0.25, 0.3) is 11.1 Å². The van der Waals surface area contributed by atoms with Gasteiger partial charge in [0.1, 0.15) is 0 Å². The molecule has 0 unspecified atom stereocenters. The molecule has 3 aromatic carbocycles. The number of carboxylic acid groups (broad SMARTS) is 1. The van der Waals surface area contributed by atoms with Gasteiger partial charge in [-0.3, -0.25) is 4.79 Å². The molecule has 0 aromatic heterocycles. The van der Waals surface area contributed by atoms with Crippen molar-refractivity contribution in [2.75, 3.05) is 34.4 Å². The molecule has 0 saturated carbocycles. The Balaban J connectivity index is 1.55. The maximum atomic E-state index is 14.1. The number of fused-ring (bicyclic) bond motifs is 1. The van der Waals surface area contributed by atoms with Crippen LogP contribution in [0.15, 0.2) is 59.5 Å². The molecule has 13 heteroatoms. The van der Waals surface area contributed by atoms with Crippen molar-refractivity contribution >= 4 is 16.0 Å². The highest BCUT2D eigenvalue weighted by molar-refractivity contribution is 7.89. The van der Waals surface area contributed by atoms with Gasteiger partial charge in [0.05, 0.1) is 30.8 Å². The van der Waals surface area contributed by atoms with Gasteiger partial charge in [-0.15, -0.1) is 0 Å². The van der Waals surface area contributed by atoms with E-state index in [0.717, 1.165) is 35.7 Å². The van der Waals surface area contributed by atoms with Gasteiger partial charge in [0.2, 0.25) is 10.0 Å². The molecule has 0 bridgehead atoms. The smallest absolute Gasteiger partial charge is 0.416 e. The quantitative estimate of drug-likeness (QED) is 0.189. The molecule has 3 aromatic rings. The molecule has 9 nitrogen and oxygen atoms in total. The normalized spacial score (nSPS) is 14.6. The Labute approximate surface area is 279 Å². The second kappa shape index (κ2) is 14.9. The number of methoxy groups -OCH3 is 2. The monoisotopic (exact) mass is 692 g/mol. The van der Waals surface area contributed by atoms with Crippen LogP contribution >= 0.6 is 0 Å². The predicted molar refractivity (Wildman–Crippen MR) is 176 cm³/mol. The standard InChI is InChI=1S/C35H43F3N2O7S/c1-34(2,19-22-12-23-8-6-7-9-24(23)13-22)39-20-28(41)21-40(3)48(44,45)29-15-26(14-27(17-29)35(36,37)38)30-18-32(47-5)31(46-4)16-25(30)10-11-33(42)43/h6-9,14-18,22,28,39,41H,10-13,19-21H2,1-5H3,(H,42,43)/t28-/m1/s1. The van der Waals surface area contributed by atoms with E-state index in [1.807, 2.05) is 26.0 Å². The third-order valence-electron chi connectivity index (χ3n) is 8.69. The van der Waals surface area contributed by atoms with Crippen molar-refractivity contribution in [1.82, 2.24) is 9.62 Å². The van der Waals surface area contributed by atoms with Crippen molar-refractivity contribution in [3.8, 4) is 22.6 Å². The van der Waals surface area contributed by atoms with Crippen molar-refractivity contribution in [1.29, 1.82) is 0 Å². The summed E-state index contributed by atoms with van der Waals surface area (Å²) in [6, 6.07) is 13.7. The van der Waals surface area contributed by atoms with Crippen LogP contribution in [0.1, 0.15) is 48.9 Å². The minimum absolute atomic E-state index is 0.0630. The molecular formula is C35H43F3N2O7S. The number of β-amino-alcohol motifs (C(OH)–C–C–N with tert-alkyl or cyclic N) is 1. The molecule has 0 spiro atoms. The minimum Gasteiger partial charge on any atom is -0.493 e. The van der Waals surface area contributed by atoms with E-state index >= 15 is 0 Å². The van der Waals surface area contributed by atoms with Crippen molar-refractivity contribution < 1.29 is 46.1 Å². The lowest BCUT2D eigenvalue weighted by Crippen LogP contribution is -2.47. The maximum absolute atomic E-state index is 14.1. The van der Waals surface area contributed by atoms with Crippen molar-refractivity contribution in [3.05, 3.63) is 76.9 Å². The van der Waals surface area contributed by atoms with Gasteiger partial charge in [-0.2, -0.15) is 17.5 Å². The zero-order valence-corrected chi connectivity index (χ0v) is 28.5. The van der Waals surface area contributed by atoms with E-state index in [2.05, 4.69) is 17.4 Å². The first-order valence-electron chi connectivity index (χ1n) is 15.6. The number of nitrogens with zero attached hydrogens (tertiary/aromatic N) is 1. The van der Waals surface area contributed by atoms with Gasteiger partial charge in [-0.1, -0.05) is 24.3 Å². The highest BCUT2D eigenvalue weighted by Gasteiger charge is 2.35.